The van der Waals surface area contributed by atoms with Crippen LogP contribution in [-0.4, -0.2) is 22.7 Å². The fourth-order valence-electron chi connectivity index (χ4n) is 1.49. The molecule has 1 aromatic heterocycles. The van der Waals surface area contributed by atoms with E-state index in [0.717, 1.165) is 17.4 Å². The number of ketones is 2. The first kappa shape index (κ1) is 14.6. The molecule has 0 atom stereocenters. The summed E-state index contributed by atoms with van der Waals surface area (Å²) < 4.78 is 49.9. The lowest BCUT2D eigenvalue weighted by molar-refractivity contribution is -0.170. The predicted octanol–water partition coefficient (Wildman–Crippen LogP) is 3.45. The maximum atomic E-state index is 13.3. The number of aryl methyl sites for hydroxylation is 1. The highest BCUT2D eigenvalue weighted by molar-refractivity contribution is 7.20. The molecule has 2 aromatic rings. The number of Topliss-reactive ketones (excluding diaryl/α,β-unsaturated/α-hetero) is 2. The molecule has 0 N–H and O–H groups in total. The van der Waals surface area contributed by atoms with Crippen LogP contribution in [0.2, 0.25) is 0 Å². The van der Waals surface area contributed by atoms with Crippen molar-refractivity contribution in [3.8, 4) is 0 Å². The number of carbonyl (C=O) groups is 2. The fraction of sp³-hybridized carbons (Fsp3) is 0.250. The Kier molecular flexibility index (Phi) is 3.59. The highest BCUT2D eigenvalue weighted by Gasteiger charge is 2.39. The third-order valence-corrected chi connectivity index (χ3v) is 3.60. The van der Waals surface area contributed by atoms with Crippen LogP contribution in [0, 0.1) is 12.7 Å². The molecule has 0 saturated heterocycles. The zero-order valence-corrected chi connectivity index (χ0v) is 10.9. The minimum atomic E-state index is -5.05. The molecule has 0 spiro atoms. The first-order chi connectivity index (χ1) is 9.18. The molecule has 8 heteroatoms. The third-order valence-electron chi connectivity index (χ3n) is 2.54. The summed E-state index contributed by atoms with van der Waals surface area (Å²) in [7, 11) is 0. The second-order valence-corrected chi connectivity index (χ2v) is 5.14. The minimum Gasteiger partial charge on any atom is -0.291 e. The summed E-state index contributed by atoms with van der Waals surface area (Å²) in [5.41, 5.74) is 0.630. The van der Waals surface area contributed by atoms with Crippen molar-refractivity contribution in [2.45, 2.75) is 19.5 Å². The molecule has 3 nitrogen and oxygen atoms in total. The highest BCUT2D eigenvalue weighted by atomic mass is 32.1. The third kappa shape index (κ3) is 2.84. The molecule has 0 amide bonds. The number of fused-ring (bicyclic) bond motifs is 1. The number of thiazole rings is 1. The van der Waals surface area contributed by atoms with Gasteiger partial charge in [-0.2, -0.15) is 13.2 Å². The average molecular weight is 305 g/mol. The Hall–Kier alpha value is -1.83. The Labute approximate surface area is 114 Å². The van der Waals surface area contributed by atoms with E-state index in [1.54, 1.807) is 0 Å². The standard InChI is InChI=1S/C12H7F4NO2S/c1-5-2-7-9(3-6(5)13)20-11(17-7)8(18)4-10(19)12(14,15)16/h2-3H,4H2,1H3. The van der Waals surface area contributed by atoms with E-state index < -0.39 is 30.0 Å². The summed E-state index contributed by atoms with van der Waals surface area (Å²) in [6.07, 6.45) is -6.33. The fourth-order valence-corrected chi connectivity index (χ4v) is 2.40. The lowest BCUT2D eigenvalue weighted by Gasteiger charge is -2.02. The van der Waals surface area contributed by atoms with Crippen LogP contribution in [-0.2, 0) is 4.79 Å². The van der Waals surface area contributed by atoms with Gasteiger partial charge >= 0.3 is 6.18 Å². The molecular formula is C12H7F4NO2S. The Bertz CT molecular complexity index is 666. The number of alkyl halides is 3. The monoisotopic (exact) mass is 305 g/mol. The summed E-state index contributed by atoms with van der Waals surface area (Å²) in [5, 5.41) is -0.234. The Morgan fingerprint density at radius 3 is 2.55 bits per heavy atom. The van der Waals surface area contributed by atoms with Crippen molar-refractivity contribution in [1.29, 1.82) is 0 Å². The van der Waals surface area contributed by atoms with Crippen molar-refractivity contribution in [1.82, 2.24) is 4.98 Å². The van der Waals surface area contributed by atoms with Gasteiger partial charge in [0.25, 0.3) is 0 Å². The molecule has 0 unspecified atom stereocenters. The van der Waals surface area contributed by atoms with Gasteiger partial charge in [-0.1, -0.05) is 0 Å². The SMILES string of the molecule is Cc1cc2nc(C(=O)CC(=O)C(F)(F)F)sc2cc1F. The van der Waals surface area contributed by atoms with Gasteiger partial charge in [-0.25, -0.2) is 9.37 Å². The molecule has 0 aliphatic carbocycles. The molecule has 0 fully saturated rings. The van der Waals surface area contributed by atoms with Crippen molar-refractivity contribution >= 4 is 33.1 Å². The van der Waals surface area contributed by atoms with Crippen molar-refractivity contribution in [3.63, 3.8) is 0 Å². The molecule has 0 saturated carbocycles. The Balaban J connectivity index is 2.30. The first-order valence-electron chi connectivity index (χ1n) is 5.38. The van der Waals surface area contributed by atoms with E-state index in [9.17, 15) is 27.2 Å². The second-order valence-electron chi connectivity index (χ2n) is 4.11. The van der Waals surface area contributed by atoms with Crippen LogP contribution in [0.3, 0.4) is 0 Å². The molecule has 0 radical (unpaired) electrons. The summed E-state index contributed by atoms with van der Waals surface area (Å²) >= 11 is 0.761. The van der Waals surface area contributed by atoms with Crippen LogP contribution < -0.4 is 0 Å². The van der Waals surface area contributed by atoms with E-state index in [4.69, 9.17) is 0 Å². The van der Waals surface area contributed by atoms with Gasteiger partial charge in [-0.3, -0.25) is 9.59 Å². The zero-order valence-electron chi connectivity index (χ0n) is 10.0. The highest BCUT2D eigenvalue weighted by Crippen LogP contribution is 2.27. The number of aromatic nitrogens is 1. The summed E-state index contributed by atoms with van der Waals surface area (Å²) in [5.74, 6) is -3.64. The smallest absolute Gasteiger partial charge is 0.291 e. The molecule has 20 heavy (non-hydrogen) atoms. The van der Waals surface area contributed by atoms with E-state index in [-0.39, 0.29) is 5.01 Å². The van der Waals surface area contributed by atoms with Gasteiger partial charge in [0.05, 0.1) is 16.6 Å². The van der Waals surface area contributed by atoms with Crippen LogP contribution >= 0.6 is 11.3 Å². The van der Waals surface area contributed by atoms with Gasteiger partial charge < -0.3 is 0 Å². The lowest BCUT2D eigenvalue weighted by atomic mass is 10.2. The first-order valence-corrected chi connectivity index (χ1v) is 6.20. The van der Waals surface area contributed by atoms with Crippen molar-refractivity contribution in [2.75, 3.05) is 0 Å². The largest absolute Gasteiger partial charge is 0.450 e. The summed E-state index contributed by atoms with van der Waals surface area (Å²) in [6, 6.07) is 2.55. The number of hydrogen-bond acceptors (Lipinski definition) is 4. The van der Waals surface area contributed by atoms with Gasteiger partial charge in [0.2, 0.25) is 5.78 Å². The van der Waals surface area contributed by atoms with E-state index >= 15 is 0 Å². The number of carbonyl (C=O) groups excluding carboxylic acids is 2. The van der Waals surface area contributed by atoms with Gasteiger partial charge in [0, 0.05) is 0 Å². The molecule has 0 aliphatic heterocycles. The number of hydrogen-bond donors (Lipinski definition) is 0. The Morgan fingerprint density at radius 1 is 1.30 bits per heavy atom. The molecule has 0 bridgehead atoms. The topological polar surface area (TPSA) is 47.0 Å². The normalized spacial score (nSPS) is 11.8. The zero-order chi connectivity index (χ0) is 15.1. The number of rotatable bonds is 3. The molecular weight excluding hydrogens is 298 g/mol. The van der Waals surface area contributed by atoms with E-state index in [1.807, 2.05) is 0 Å². The average Bonchev–Trinajstić information content (AvgIpc) is 2.71. The van der Waals surface area contributed by atoms with Crippen molar-refractivity contribution < 1.29 is 27.2 Å². The van der Waals surface area contributed by atoms with Crippen LogP contribution in [0.15, 0.2) is 12.1 Å². The van der Waals surface area contributed by atoms with Crippen LogP contribution in [0.25, 0.3) is 10.2 Å². The summed E-state index contributed by atoms with van der Waals surface area (Å²) in [6.45, 7) is 1.50. The number of halogens is 4. The maximum Gasteiger partial charge on any atom is 0.450 e. The van der Waals surface area contributed by atoms with Gasteiger partial charge in [-0.15, -0.1) is 11.3 Å². The van der Waals surface area contributed by atoms with Crippen LogP contribution in [0.1, 0.15) is 21.8 Å². The van der Waals surface area contributed by atoms with E-state index in [0.29, 0.717) is 15.8 Å². The quantitative estimate of drug-likeness (QED) is 0.496. The summed E-state index contributed by atoms with van der Waals surface area (Å²) in [4.78, 5) is 26.1. The second kappa shape index (κ2) is 4.93. The molecule has 1 aromatic carbocycles. The van der Waals surface area contributed by atoms with Gasteiger partial charge in [0.1, 0.15) is 5.82 Å². The van der Waals surface area contributed by atoms with E-state index in [2.05, 4.69) is 4.98 Å². The molecule has 0 aliphatic rings. The van der Waals surface area contributed by atoms with Gasteiger partial charge in [0.15, 0.2) is 10.8 Å². The number of benzene rings is 1. The molecule has 2 rings (SSSR count). The van der Waals surface area contributed by atoms with E-state index in [1.165, 1.54) is 13.0 Å². The van der Waals surface area contributed by atoms with Crippen molar-refractivity contribution in [2.24, 2.45) is 0 Å². The van der Waals surface area contributed by atoms with Crippen LogP contribution in [0.4, 0.5) is 17.6 Å². The van der Waals surface area contributed by atoms with Crippen molar-refractivity contribution in [3.05, 3.63) is 28.5 Å². The maximum absolute atomic E-state index is 13.3. The Morgan fingerprint density at radius 2 is 1.95 bits per heavy atom. The molecule has 1 heterocycles. The van der Waals surface area contributed by atoms with Gasteiger partial charge in [-0.05, 0) is 24.6 Å². The van der Waals surface area contributed by atoms with Crippen LogP contribution in [0.5, 0.6) is 0 Å². The predicted molar refractivity (Wildman–Crippen MR) is 64.3 cm³/mol. The lowest BCUT2D eigenvalue weighted by Crippen LogP contribution is -2.25. The number of nitrogens with zero attached hydrogens (tertiary/aromatic N) is 1. The molecule has 106 valence electrons. The minimum absolute atomic E-state index is 0.234.